The number of pyridine rings is 1. The molecule has 2 aromatic carbocycles. The van der Waals surface area contributed by atoms with E-state index in [1.54, 1.807) is 23.1 Å². The molecule has 5 rings (SSSR count). The predicted octanol–water partition coefficient (Wildman–Crippen LogP) is 4.29. The molecule has 0 aliphatic carbocycles. The zero-order valence-electron chi connectivity index (χ0n) is 18.0. The van der Waals surface area contributed by atoms with Gasteiger partial charge in [0.25, 0.3) is 0 Å². The minimum absolute atomic E-state index is 0.0497. The third-order valence-electron chi connectivity index (χ3n) is 5.67. The minimum atomic E-state index is -0.456. The van der Waals surface area contributed by atoms with Crippen molar-refractivity contribution in [2.75, 3.05) is 23.5 Å². The van der Waals surface area contributed by atoms with Crippen LogP contribution in [0.5, 0.6) is 5.75 Å². The second-order valence-electron chi connectivity index (χ2n) is 7.82. The van der Waals surface area contributed by atoms with Gasteiger partial charge in [-0.1, -0.05) is 35.6 Å². The van der Waals surface area contributed by atoms with Crippen LogP contribution in [-0.4, -0.2) is 35.4 Å². The number of carbonyl (C=O) groups excluding carboxylic acids is 2. The van der Waals surface area contributed by atoms with E-state index in [0.717, 1.165) is 27.3 Å². The number of hydrogen-bond acceptors (Lipinski definition) is 6. The molecule has 3 heterocycles. The Labute approximate surface area is 195 Å². The number of benzene rings is 2. The molecule has 7 nitrogen and oxygen atoms in total. The predicted molar refractivity (Wildman–Crippen MR) is 129 cm³/mol. The highest BCUT2D eigenvalue weighted by Gasteiger charge is 2.38. The van der Waals surface area contributed by atoms with E-state index in [1.807, 2.05) is 66.7 Å². The maximum absolute atomic E-state index is 13.7. The minimum Gasteiger partial charge on any atom is -0.497 e. The number of amides is 2. The van der Waals surface area contributed by atoms with Crippen molar-refractivity contribution in [1.29, 1.82) is 0 Å². The summed E-state index contributed by atoms with van der Waals surface area (Å²) in [6.07, 6.45) is 1.88. The van der Waals surface area contributed by atoms with Crippen LogP contribution in [0.25, 0.3) is 10.2 Å². The van der Waals surface area contributed by atoms with Gasteiger partial charge in [0, 0.05) is 24.8 Å². The molecule has 2 amide bonds. The first-order valence-corrected chi connectivity index (χ1v) is 11.5. The van der Waals surface area contributed by atoms with Crippen molar-refractivity contribution >= 4 is 44.2 Å². The van der Waals surface area contributed by atoms with Crippen LogP contribution in [0.1, 0.15) is 12.1 Å². The van der Waals surface area contributed by atoms with E-state index < -0.39 is 5.92 Å². The summed E-state index contributed by atoms with van der Waals surface area (Å²) in [5.74, 6) is 0.105. The number of para-hydroxylation sites is 1. The van der Waals surface area contributed by atoms with Crippen molar-refractivity contribution in [1.82, 2.24) is 9.97 Å². The molecule has 0 bridgehead atoms. The molecule has 1 saturated heterocycles. The van der Waals surface area contributed by atoms with E-state index in [4.69, 9.17) is 9.72 Å². The Morgan fingerprint density at radius 1 is 1.15 bits per heavy atom. The first-order valence-electron chi connectivity index (χ1n) is 10.6. The van der Waals surface area contributed by atoms with Gasteiger partial charge in [-0.05, 0) is 42.5 Å². The van der Waals surface area contributed by atoms with Gasteiger partial charge >= 0.3 is 0 Å². The number of hydrogen-bond donors (Lipinski definition) is 0. The average molecular weight is 459 g/mol. The highest BCUT2D eigenvalue weighted by molar-refractivity contribution is 7.22. The highest BCUT2D eigenvalue weighted by atomic mass is 32.1. The van der Waals surface area contributed by atoms with Gasteiger partial charge in [0.15, 0.2) is 5.13 Å². The van der Waals surface area contributed by atoms with Gasteiger partial charge in [0.2, 0.25) is 11.8 Å². The van der Waals surface area contributed by atoms with E-state index in [2.05, 4.69) is 4.98 Å². The monoisotopic (exact) mass is 458 g/mol. The second-order valence-corrected chi connectivity index (χ2v) is 8.83. The number of fused-ring (bicyclic) bond motifs is 1. The summed E-state index contributed by atoms with van der Waals surface area (Å²) in [5.41, 5.74) is 2.36. The third-order valence-corrected chi connectivity index (χ3v) is 6.71. The van der Waals surface area contributed by atoms with Crippen molar-refractivity contribution in [3.63, 3.8) is 0 Å². The summed E-state index contributed by atoms with van der Waals surface area (Å²) >= 11 is 1.43. The molecule has 0 saturated carbocycles. The van der Waals surface area contributed by atoms with Crippen molar-refractivity contribution in [2.45, 2.75) is 13.0 Å². The summed E-state index contributed by atoms with van der Waals surface area (Å²) in [4.78, 5) is 38.9. The van der Waals surface area contributed by atoms with E-state index in [1.165, 1.54) is 11.3 Å². The first-order chi connectivity index (χ1) is 16.1. The molecule has 1 unspecified atom stereocenters. The molecule has 1 aliphatic rings. The number of aromatic nitrogens is 2. The summed E-state index contributed by atoms with van der Waals surface area (Å²) < 4.78 is 6.25. The number of anilines is 2. The number of nitrogens with zero attached hydrogens (tertiary/aromatic N) is 4. The lowest BCUT2D eigenvalue weighted by atomic mass is 10.1. The van der Waals surface area contributed by atoms with Crippen LogP contribution in [0.15, 0.2) is 72.9 Å². The Kier molecular flexibility index (Phi) is 5.75. The fourth-order valence-electron chi connectivity index (χ4n) is 3.98. The van der Waals surface area contributed by atoms with Crippen LogP contribution in [0.2, 0.25) is 0 Å². The third kappa shape index (κ3) is 4.29. The van der Waals surface area contributed by atoms with Crippen molar-refractivity contribution in [3.05, 3.63) is 78.6 Å². The topological polar surface area (TPSA) is 75.6 Å². The van der Waals surface area contributed by atoms with Gasteiger partial charge in [0.1, 0.15) is 5.75 Å². The molecule has 1 fully saturated rings. The summed E-state index contributed by atoms with van der Waals surface area (Å²) in [6, 6.07) is 20.7. The second kappa shape index (κ2) is 8.99. The Morgan fingerprint density at radius 3 is 2.73 bits per heavy atom. The lowest BCUT2D eigenvalue weighted by Gasteiger charge is -2.23. The molecular weight excluding hydrogens is 436 g/mol. The average Bonchev–Trinajstić information content (AvgIpc) is 3.46. The summed E-state index contributed by atoms with van der Waals surface area (Å²) in [7, 11) is 1.62. The molecule has 1 atom stereocenters. The fraction of sp³-hybridized carbons (Fsp3) is 0.200. The quantitative estimate of drug-likeness (QED) is 0.431. The maximum atomic E-state index is 13.7. The lowest BCUT2D eigenvalue weighted by Crippen LogP contribution is -2.37. The van der Waals surface area contributed by atoms with E-state index >= 15 is 0 Å². The zero-order chi connectivity index (χ0) is 22.8. The highest BCUT2D eigenvalue weighted by Crippen LogP contribution is 2.34. The van der Waals surface area contributed by atoms with Gasteiger partial charge in [-0.15, -0.1) is 0 Å². The number of ether oxygens (including phenoxy) is 1. The molecule has 33 heavy (non-hydrogen) atoms. The van der Waals surface area contributed by atoms with Crippen molar-refractivity contribution in [3.8, 4) is 5.75 Å². The zero-order valence-corrected chi connectivity index (χ0v) is 18.9. The molecule has 2 aromatic heterocycles. The van der Waals surface area contributed by atoms with E-state index in [0.29, 0.717) is 11.7 Å². The van der Waals surface area contributed by atoms with Crippen LogP contribution in [0.4, 0.5) is 10.8 Å². The van der Waals surface area contributed by atoms with Gasteiger partial charge in [-0.2, -0.15) is 0 Å². The fourth-order valence-corrected chi connectivity index (χ4v) is 4.98. The molecule has 4 aromatic rings. The Hall–Kier alpha value is -3.78. The molecule has 0 spiro atoms. The normalized spacial score (nSPS) is 15.7. The molecule has 1 aliphatic heterocycles. The molecule has 166 valence electrons. The largest absolute Gasteiger partial charge is 0.497 e. The van der Waals surface area contributed by atoms with Crippen molar-refractivity contribution < 1.29 is 14.3 Å². The molecule has 0 N–H and O–H groups in total. The van der Waals surface area contributed by atoms with Crippen LogP contribution < -0.4 is 14.5 Å². The smallest absolute Gasteiger partial charge is 0.234 e. The Bertz CT molecular complexity index is 1290. The van der Waals surface area contributed by atoms with E-state index in [9.17, 15) is 9.59 Å². The number of carbonyl (C=O) groups is 2. The lowest BCUT2D eigenvalue weighted by molar-refractivity contribution is -0.124. The van der Waals surface area contributed by atoms with Crippen molar-refractivity contribution in [2.24, 2.45) is 5.92 Å². The molecule has 0 radical (unpaired) electrons. The van der Waals surface area contributed by atoms with Crippen LogP contribution in [-0.2, 0) is 16.1 Å². The Balaban J connectivity index is 1.47. The number of thiazole rings is 1. The number of methoxy groups -OCH3 is 1. The first kappa shape index (κ1) is 21.1. The number of rotatable bonds is 6. The molecular formula is C25H22N4O3S. The van der Waals surface area contributed by atoms with Gasteiger partial charge in [-0.25, -0.2) is 4.98 Å². The maximum Gasteiger partial charge on any atom is 0.234 e. The van der Waals surface area contributed by atoms with Gasteiger partial charge in [0.05, 0.1) is 35.5 Å². The standard InChI is InChI=1S/C25H22N4O3S/c1-32-20-10-11-21-22(14-20)33-25(27-21)29(16-18-7-5-6-12-26-18)24(31)17-13-23(30)28(15-17)19-8-3-2-4-9-19/h2-12,14,17H,13,15-16H2,1H3. The Morgan fingerprint density at radius 2 is 1.97 bits per heavy atom. The van der Waals surface area contributed by atoms with Gasteiger partial charge in [-0.3, -0.25) is 19.5 Å². The van der Waals surface area contributed by atoms with Crippen LogP contribution >= 0.6 is 11.3 Å². The summed E-state index contributed by atoms with van der Waals surface area (Å²) in [6.45, 7) is 0.631. The molecule has 8 heteroatoms. The van der Waals surface area contributed by atoms with Gasteiger partial charge < -0.3 is 9.64 Å². The van der Waals surface area contributed by atoms with Crippen LogP contribution in [0.3, 0.4) is 0 Å². The SMILES string of the molecule is COc1ccc2nc(N(Cc3ccccn3)C(=O)C3CC(=O)N(c4ccccc4)C3)sc2c1. The van der Waals surface area contributed by atoms with Crippen LogP contribution in [0, 0.1) is 5.92 Å². The summed E-state index contributed by atoms with van der Waals surface area (Å²) in [5, 5.41) is 0.583. The van der Waals surface area contributed by atoms with E-state index in [-0.39, 0.29) is 24.8 Å².